The van der Waals surface area contributed by atoms with Gasteiger partial charge in [0.1, 0.15) is 0 Å². The van der Waals surface area contributed by atoms with Gasteiger partial charge in [0.25, 0.3) is 0 Å². The van der Waals surface area contributed by atoms with Gasteiger partial charge in [-0.3, -0.25) is 0 Å². The molecular formula is C28H36O2. The predicted molar refractivity (Wildman–Crippen MR) is 127 cm³/mol. The van der Waals surface area contributed by atoms with Crippen LogP contribution in [0.4, 0.5) is 0 Å². The van der Waals surface area contributed by atoms with Gasteiger partial charge in [-0.25, -0.2) is 4.79 Å². The van der Waals surface area contributed by atoms with Crippen LogP contribution in [0.1, 0.15) is 93.1 Å². The second-order valence-electron chi connectivity index (χ2n) is 10.1. The fourth-order valence-electron chi connectivity index (χ4n) is 4.88. The van der Waals surface area contributed by atoms with Crippen LogP contribution in [0.2, 0.25) is 0 Å². The van der Waals surface area contributed by atoms with Crippen molar-refractivity contribution in [1.29, 1.82) is 0 Å². The van der Waals surface area contributed by atoms with E-state index >= 15 is 0 Å². The van der Waals surface area contributed by atoms with Crippen LogP contribution in [0.3, 0.4) is 0 Å². The van der Waals surface area contributed by atoms with Crippen LogP contribution in [0, 0.1) is 12.8 Å². The highest BCUT2D eigenvalue weighted by Crippen LogP contribution is 2.50. The average molecular weight is 405 g/mol. The third-order valence-electron chi connectivity index (χ3n) is 7.07. The van der Waals surface area contributed by atoms with Gasteiger partial charge in [-0.05, 0) is 89.5 Å². The largest absolute Gasteiger partial charge is 0.462 e. The lowest BCUT2D eigenvalue weighted by molar-refractivity contribution is 0.0526. The maximum atomic E-state index is 11.9. The first kappa shape index (κ1) is 22.3. The molecule has 30 heavy (non-hydrogen) atoms. The van der Waals surface area contributed by atoms with Gasteiger partial charge in [0.15, 0.2) is 0 Å². The quantitative estimate of drug-likeness (QED) is 0.394. The van der Waals surface area contributed by atoms with Crippen LogP contribution in [0.25, 0.3) is 11.6 Å². The lowest BCUT2D eigenvalue weighted by atomic mass is 9.58. The monoisotopic (exact) mass is 404 g/mol. The van der Waals surface area contributed by atoms with E-state index in [4.69, 9.17) is 4.74 Å². The first-order valence-corrected chi connectivity index (χ1v) is 11.1. The Morgan fingerprint density at radius 2 is 1.73 bits per heavy atom. The highest BCUT2D eigenvalue weighted by atomic mass is 16.5. The van der Waals surface area contributed by atoms with Crippen molar-refractivity contribution in [3.8, 4) is 0 Å². The SMILES string of the molecule is CCOC(=O)c1ccc(/C=C(\C)c2cc3c(cc2C)C(C)(C)C(C)CC3(C)C)cc1. The molecule has 2 heteroatoms. The number of fused-ring (bicyclic) bond motifs is 1. The van der Waals surface area contributed by atoms with Gasteiger partial charge in [-0.2, -0.15) is 0 Å². The molecule has 2 aromatic carbocycles. The summed E-state index contributed by atoms with van der Waals surface area (Å²) in [5, 5.41) is 0. The van der Waals surface area contributed by atoms with Gasteiger partial charge in [-0.1, -0.05) is 65.0 Å². The van der Waals surface area contributed by atoms with Gasteiger partial charge in [0, 0.05) is 0 Å². The molecule has 0 heterocycles. The lowest BCUT2D eigenvalue weighted by Crippen LogP contribution is -2.40. The van der Waals surface area contributed by atoms with E-state index in [1.165, 1.54) is 34.2 Å². The molecule has 0 spiro atoms. The predicted octanol–water partition coefficient (Wildman–Crippen LogP) is 7.33. The van der Waals surface area contributed by atoms with Gasteiger partial charge in [0.05, 0.1) is 12.2 Å². The Kier molecular flexibility index (Phi) is 6.00. The molecule has 3 rings (SSSR count). The fraction of sp³-hybridized carbons (Fsp3) is 0.464. The number of aryl methyl sites for hydroxylation is 1. The molecule has 0 N–H and O–H groups in total. The van der Waals surface area contributed by atoms with Crippen LogP contribution < -0.4 is 0 Å². The van der Waals surface area contributed by atoms with Crippen molar-refractivity contribution in [2.45, 2.75) is 72.6 Å². The van der Waals surface area contributed by atoms with Crippen LogP contribution in [0.5, 0.6) is 0 Å². The van der Waals surface area contributed by atoms with Crippen molar-refractivity contribution in [2.24, 2.45) is 5.92 Å². The number of carbonyl (C=O) groups excluding carboxylic acids is 1. The van der Waals surface area contributed by atoms with E-state index in [0.29, 0.717) is 18.1 Å². The minimum absolute atomic E-state index is 0.175. The summed E-state index contributed by atoms with van der Waals surface area (Å²) in [4.78, 5) is 11.9. The summed E-state index contributed by atoms with van der Waals surface area (Å²) >= 11 is 0. The third-order valence-corrected chi connectivity index (χ3v) is 7.07. The smallest absolute Gasteiger partial charge is 0.338 e. The van der Waals surface area contributed by atoms with Gasteiger partial charge < -0.3 is 4.74 Å². The molecule has 0 bridgehead atoms. The van der Waals surface area contributed by atoms with Crippen LogP contribution >= 0.6 is 0 Å². The summed E-state index contributed by atoms with van der Waals surface area (Å²) in [5.41, 5.74) is 8.90. The van der Waals surface area contributed by atoms with Crippen LogP contribution in [-0.4, -0.2) is 12.6 Å². The average Bonchev–Trinajstić information content (AvgIpc) is 2.66. The molecule has 1 atom stereocenters. The molecule has 0 fully saturated rings. The Bertz CT molecular complexity index is 974. The second-order valence-corrected chi connectivity index (χ2v) is 10.1. The Balaban J connectivity index is 1.99. The van der Waals surface area contributed by atoms with E-state index in [-0.39, 0.29) is 16.8 Å². The van der Waals surface area contributed by atoms with Crippen LogP contribution in [0.15, 0.2) is 36.4 Å². The van der Waals surface area contributed by atoms with Crippen molar-refractivity contribution < 1.29 is 9.53 Å². The standard InChI is InChI=1S/C28H36O2/c1-9-30-26(29)22-12-10-21(11-13-22)14-18(2)23-16-24-25(15-19(23)3)28(7,8)20(4)17-27(24,5)6/h10-16,20H,9,17H2,1-8H3/b18-14+. The highest BCUT2D eigenvalue weighted by molar-refractivity contribution is 5.90. The minimum Gasteiger partial charge on any atom is -0.462 e. The Hall–Kier alpha value is -2.35. The number of ether oxygens (including phenoxy) is 1. The Labute approximate surface area is 182 Å². The molecule has 0 radical (unpaired) electrons. The molecule has 2 aromatic rings. The van der Waals surface area contributed by atoms with E-state index in [1.54, 1.807) is 0 Å². The molecule has 160 valence electrons. The van der Waals surface area contributed by atoms with E-state index in [2.05, 4.69) is 66.7 Å². The second kappa shape index (κ2) is 8.06. The van der Waals surface area contributed by atoms with E-state index in [0.717, 1.165) is 5.56 Å². The maximum absolute atomic E-state index is 11.9. The summed E-state index contributed by atoms with van der Waals surface area (Å²) < 4.78 is 5.08. The fourth-order valence-corrected chi connectivity index (χ4v) is 4.88. The minimum atomic E-state index is -0.269. The molecule has 0 saturated heterocycles. The number of carbonyl (C=O) groups is 1. The van der Waals surface area contributed by atoms with Gasteiger partial charge in [0.2, 0.25) is 0 Å². The Morgan fingerprint density at radius 3 is 2.33 bits per heavy atom. The van der Waals surface area contributed by atoms with Crippen molar-refractivity contribution in [3.63, 3.8) is 0 Å². The van der Waals surface area contributed by atoms with Gasteiger partial charge >= 0.3 is 5.97 Å². The number of benzene rings is 2. The summed E-state index contributed by atoms with van der Waals surface area (Å²) in [5.74, 6) is 0.383. The van der Waals surface area contributed by atoms with Gasteiger partial charge in [-0.15, -0.1) is 0 Å². The molecular weight excluding hydrogens is 368 g/mol. The topological polar surface area (TPSA) is 26.3 Å². The molecule has 0 aromatic heterocycles. The third kappa shape index (κ3) is 4.10. The zero-order valence-electron chi connectivity index (χ0n) is 19.8. The lowest BCUT2D eigenvalue weighted by Gasteiger charge is -2.47. The Morgan fingerprint density at radius 1 is 1.10 bits per heavy atom. The molecule has 1 aliphatic rings. The molecule has 2 nitrogen and oxygen atoms in total. The zero-order valence-corrected chi connectivity index (χ0v) is 19.8. The first-order valence-electron chi connectivity index (χ1n) is 11.1. The molecule has 1 aliphatic carbocycles. The summed E-state index contributed by atoms with van der Waals surface area (Å²) in [6.45, 7) is 18.5. The van der Waals surface area contributed by atoms with Crippen molar-refractivity contribution >= 4 is 17.6 Å². The number of rotatable bonds is 4. The number of esters is 1. The normalized spacial score (nSPS) is 19.9. The van der Waals surface area contributed by atoms with Crippen molar-refractivity contribution in [3.05, 3.63) is 69.8 Å². The first-order chi connectivity index (χ1) is 14.0. The van der Waals surface area contributed by atoms with E-state index in [9.17, 15) is 4.79 Å². The molecule has 0 aliphatic heterocycles. The number of hydrogen-bond donors (Lipinski definition) is 0. The summed E-state index contributed by atoms with van der Waals surface area (Å²) in [6.07, 6.45) is 3.40. The molecule has 1 unspecified atom stereocenters. The van der Waals surface area contributed by atoms with Crippen molar-refractivity contribution in [2.75, 3.05) is 6.61 Å². The van der Waals surface area contributed by atoms with E-state index in [1.807, 2.05) is 31.2 Å². The molecule has 0 amide bonds. The van der Waals surface area contributed by atoms with E-state index < -0.39 is 0 Å². The number of allylic oxidation sites excluding steroid dienone is 1. The van der Waals surface area contributed by atoms with Crippen LogP contribution in [-0.2, 0) is 15.6 Å². The summed E-state index contributed by atoms with van der Waals surface area (Å²) in [6, 6.07) is 12.5. The number of hydrogen-bond acceptors (Lipinski definition) is 2. The summed E-state index contributed by atoms with van der Waals surface area (Å²) in [7, 11) is 0. The maximum Gasteiger partial charge on any atom is 0.338 e. The highest BCUT2D eigenvalue weighted by Gasteiger charge is 2.42. The van der Waals surface area contributed by atoms with Crippen molar-refractivity contribution in [1.82, 2.24) is 0 Å². The zero-order chi connectivity index (χ0) is 22.3. The molecule has 0 saturated carbocycles.